The number of rotatable bonds is 7. The van der Waals surface area contributed by atoms with Gasteiger partial charge in [0.05, 0.1) is 12.6 Å². The molecule has 0 aliphatic heterocycles. The molecule has 0 rings (SSSR count). The van der Waals surface area contributed by atoms with E-state index in [0.717, 1.165) is 0 Å². The van der Waals surface area contributed by atoms with E-state index in [1.54, 1.807) is 20.8 Å². The first-order valence-corrected chi connectivity index (χ1v) is 8.47. The van der Waals surface area contributed by atoms with Crippen LogP contribution in [0.3, 0.4) is 0 Å². The molecule has 0 spiro atoms. The Kier molecular flexibility index (Phi) is 8.09. The van der Waals surface area contributed by atoms with Crippen LogP contribution >= 0.6 is 7.60 Å². The number of ether oxygens (including phenoxy) is 1. The molecule has 0 saturated carbocycles. The van der Waals surface area contributed by atoms with Crippen molar-refractivity contribution in [3.8, 4) is 0 Å². The minimum atomic E-state index is -3.06. The molecule has 118 valence electrons. The van der Waals surface area contributed by atoms with Crippen molar-refractivity contribution in [1.29, 1.82) is 0 Å². The van der Waals surface area contributed by atoms with E-state index in [0.29, 0.717) is 6.42 Å². The Balaban J connectivity index is 4.49. The van der Waals surface area contributed by atoms with Gasteiger partial charge in [-0.3, -0.25) is 4.57 Å². The Morgan fingerprint density at radius 3 is 2.45 bits per heavy atom. The van der Waals surface area contributed by atoms with Gasteiger partial charge in [0.25, 0.3) is 0 Å². The minimum Gasteiger partial charge on any atom is -0.444 e. The van der Waals surface area contributed by atoms with Crippen molar-refractivity contribution in [3.63, 3.8) is 0 Å². The molecule has 2 atom stereocenters. The summed E-state index contributed by atoms with van der Waals surface area (Å²) in [6.07, 6.45) is 3.78. The zero-order valence-electron chi connectivity index (χ0n) is 13.1. The highest BCUT2D eigenvalue weighted by Crippen LogP contribution is 2.42. The summed E-state index contributed by atoms with van der Waals surface area (Å²) in [5, 5.41) is 2.69. The second kappa shape index (κ2) is 8.45. The maximum Gasteiger partial charge on any atom is 0.407 e. The largest absolute Gasteiger partial charge is 0.444 e. The molecule has 0 heterocycles. The predicted octanol–water partition coefficient (Wildman–Crippen LogP) is 3.33. The van der Waals surface area contributed by atoms with Gasteiger partial charge in [-0.15, -0.1) is 0 Å². The summed E-state index contributed by atoms with van der Waals surface area (Å²) in [7, 11) is -1.74. The fourth-order valence-corrected chi connectivity index (χ4v) is 1.78. The molecule has 0 aromatic carbocycles. The van der Waals surface area contributed by atoms with E-state index in [-0.39, 0.29) is 12.6 Å². The first-order chi connectivity index (χ1) is 9.09. The number of carbonyl (C=O) groups excluding carboxylic acids is 1. The monoisotopic (exact) mass is 307 g/mol. The molecule has 0 aliphatic carbocycles. The molecule has 0 aromatic rings. The van der Waals surface area contributed by atoms with Crippen LogP contribution in [-0.2, 0) is 18.3 Å². The van der Waals surface area contributed by atoms with Crippen molar-refractivity contribution in [2.45, 2.75) is 45.8 Å². The van der Waals surface area contributed by atoms with Crippen molar-refractivity contribution >= 4 is 13.7 Å². The van der Waals surface area contributed by atoms with Crippen LogP contribution in [0.2, 0.25) is 0 Å². The number of hydrogen-bond donors (Lipinski definition) is 1. The highest BCUT2D eigenvalue weighted by Gasteiger charge is 2.22. The molecule has 0 radical (unpaired) electrons. The van der Waals surface area contributed by atoms with E-state index in [9.17, 15) is 9.36 Å². The zero-order valence-corrected chi connectivity index (χ0v) is 14.0. The van der Waals surface area contributed by atoms with Crippen LogP contribution in [0, 0.1) is 0 Å². The molecule has 2 unspecified atom stereocenters. The fraction of sp³-hybridized carbons (Fsp3) is 0.769. The Morgan fingerprint density at radius 2 is 2.00 bits per heavy atom. The van der Waals surface area contributed by atoms with Crippen LogP contribution in [0.5, 0.6) is 0 Å². The Labute approximate surface area is 121 Å². The summed E-state index contributed by atoms with van der Waals surface area (Å²) in [5.41, 5.74) is -0.567. The molecule has 0 saturated heterocycles. The van der Waals surface area contributed by atoms with Crippen LogP contribution < -0.4 is 5.32 Å². The molecular weight excluding hydrogens is 281 g/mol. The Morgan fingerprint density at radius 1 is 1.40 bits per heavy atom. The van der Waals surface area contributed by atoms with E-state index in [1.807, 2.05) is 19.1 Å². The number of carbonyl (C=O) groups is 1. The summed E-state index contributed by atoms with van der Waals surface area (Å²) in [6, 6.07) is -0.329. The average molecular weight is 307 g/mol. The van der Waals surface area contributed by atoms with Crippen molar-refractivity contribution < 1.29 is 23.1 Å². The number of nitrogens with one attached hydrogen (secondary N) is 1. The quantitative estimate of drug-likeness (QED) is 0.577. The maximum atomic E-state index is 11.7. The van der Waals surface area contributed by atoms with E-state index in [4.69, 9.17) is 13.8 Å². The average Bonchev–Trinajstić information content (AvgIpc) is 2.30. The van der Waals surface area contributed by atoms with Crippen LogP contribution in [0.25, 0.3) is 0 Å². The number of allylic oxidation sites excluding steroid dienone is 1. The molecule has 0 aliphatic rings. The predicted molar refractivity (Wildman–Crippen MR) is 79.1 cm³/mol. The van der Waals surface area contributed by atoms with E-state index in [2.05, 4.69) is 5.32 Å². The van der Waals surface area contributed by atoms with Crippen LogP contribution in [0.15, 0.2) is 12.2 Å². The summed E-state index contributed by atoms with van der Waals surface area (Å²) >= 11 is 0. The third-order valence-corrected chi connectivity index (χ3v) is 3.50. The van der Waals surface area contributed by atoms with E-state index < -0.39 is 19.3 Å². The summed E-state index contributed by atoms with van der Waals surface area (Å²) in [6.45, 7) is 8.71. The highest BCUT2D eigenvalue weighted by molar-refractivity contribution is 7.52. The van der Waals surface area contributed by atoms with Gasteiger partial charge in [-0.2, -0.15) is 0 Å². The van der Waals surface area contributed by atoms with Crippen molar-refractivity contribution in [1.82, 2.24) is 5.32 Å². The first kappa shape index (κ1) is 19.2. The second-order valence-corrected chi connectivity index (χ2v) is 7.56. The lowest BCUT2D eigenvalue weighted by atomic mass is 10.2. The fourth-order valence-electron chi connectivity index (χ4n) is 1.22. The van der Waals surface area contributed by atoms with Gasteiger partial charge in [-0.05, 0) is 34.1 Å². The van der Waals surface area contributed by atoms with Crippen LogP contribution in [0.4, 0.5) is 4.79 Å². The van der Waals surface area contributed by atoms with E-state index >= 15 is 0 Å². The molecule has 7 heteroatoms. The number of alkyl carbamates (subject to hydrolysis) is 1. The van der Waals surface area contributed by atoms with Gasteiger partial charge in [-0.25, -0.2) is 4.79 Å². The van der Waals surface area contributed by atoms with Gasteiger partial charge in [0.2, 0.25) is 0 Å². The zero-order chi connectivity index (χ0) is 15.8. The lowest BCUT2D eigenvalue weighted by molar-refractivity contribution is 0.0485. The minimum absolute atomic E-state index is 0.0885. The molecule has 0 bridgehead atoms. The standard InChI is InChI=1S/C13H26NO5P/c1-7-8-9-11(10-18-20(6,16)17-5)14-12(15)19-13(2,3)4/h7-8,11H,9-10H2,1-6H3,(H,14,15)/b8-7+. The molecule has 20 heavy (non-hydrogen) atoms. The lowest BCUT2D eigenvalue weighted by Gasteiger charge is -2.23. The van der Waals surface area contributed by atoms with Gasteiger partial charge in [0, 0.05) is 13.8 Å². The number of amides is 1. The topological polar surface area (TPSA) is 73.9 Å². The molecule has 0 fully saturated rings. The van der Waals surface area contributed by atoms with Crippen LogP contribution in [-0.4, -0.2) is 38.1 Å². The van der Waals surface area contributed by atoms with Gasteiger partial charge in [-0.1, -0.05) is 12.2 Å². The molecule has 1 N–H and O–H groups in total. The molecule has 1 amide bonds. The summed E-state index contributed by atoms with van der Waals surface area (Å²) < 4.78 is 26.8. The third kappa shape index (κ3) is 10.0. The highest BCUT2D eigenvalue weighted by atomic mass is 31.2. The Hall–Kier alpha value is -0.840. The van der Waals surface area contributed by atoms with Gasteiger partial charge in [0.15, 0.2) is 0 Å². The second-order valence-electron chi connectivity index (χ2n) is 5.40. The SMILES string of the molecule is C/C=C/CC(COP(C)(=O)OC)NC(=O)OC(C)(C)C. The van der Waals surface area contributed by atoms with Crippen LogP contribution in [0.1, 0.15) is 34.1 Å². The van der Waals surface area contributed by atoms with Crippen molar-refractivity contribution in [2.75, 3.05) is 20.4 Å². The van der Waals surface area contributed by atoms with Gasteiger partial charge < -0.3 is 19.1 Å². The third-order valence-electron chi connectivity index (χ3n) is 2.22. The molecule has 0 aromatic heterocycles. The Bertz CT molecular complexity index is 375. The first-order valence-electron chi connectivity index (χ1n) is 6.48. The maximum absolute atomic E-state index is 11.7. The van der Waals surface area contributed by atoms with Gasteiger partial charge in [0.1, 0.15) is 5.60 Å². The smallest absolute Gasteiger partial charge is 0.407 e. The summed E-state index contributed by atoms with van der Waals surface area (Å²) in [5.74, 6) is 0. The normalized spacial score (nSPS) is 16.7. The summed E-state index contributed by atoms with van der Waals surface area (Å²) in [4.78, 5) is 11.7. The lowest BCUT2D eigenvalue weighted by Crippen LogP contribution is -2.41. The molecule has 6 nitrogen and oxygen atoms in total. The number of hydrogen-bond acceptors (Lipinski definition) is 5. The molecular formula is C13H26NO5P. The van der Waals surface area contributed by atoms with Crippen molar-refractivity contribution in [2.24, 2.45) is 0 Å². The van der Waals surface area contributed by atoms with Crippen molar-refractivity contribution in [3.05, 3.63) is 12.2 Å². The van der Waals surface area contributed by atoms with E-state index in [1.165, 1.54) is 13.8 Å². The van der Waals surface area contributed by atoms with Gasteiger partial charge >= 0.3 is 13.7 Å².